The van der Waals surface area contributed by atoms with E-state index >= 15 is 0 Å². The number of nitrogens with two attached hydrogens (primary N) is 1. The lowest BCUT2D eigenvalue weighted by molar-refractivity contribution is 0.169. The number of hydrogen-bond acceptors (Lipinski definition) is 6. The molecule has 3 rings (SSSR count). The highest BCUT2D eigenvalue weighted by atomic mass is 16.5. The third kappa shape index (κ3) is 1.57. The minimum absolute atomic E-state index is 0.136. The normalized spacial score (nSPS) is 27.8. The lowest BCUT2D eigenvalue weighted by Crippen LogP contribution is -2.42. The smallest absolute Gasteiger partial charge is 0.238 e. The van der Waals surface area contributed by atoms with E-state index in [9.17, 15) is 0 Å². The number of ether oxygens (including phenoxy) is 1. The molecule has 0 spiro atoms. The van der Waals surface area contributed by atoms with Gasteiger partial charge < -0.3 is 19.4 Å². The highest BCUT2D eigenvalue weighted by Crippen LogP contribution is 2.32. The van der Waals surface area contributed by atoms with E-state index in [0.29, 0.717) is 30.7 Å². The fraction of sp³-hybridized carbons (Fsp3) is 0.500. The van der Waals surface area contributed by atoms with Gasteiger partial charge in [0.05, 0.1) is 24.9 Å². The van der Waals surface area contributed by atoms with Crippen LogP contribution in [0.4, 0.5) is 0 Å². The molecule has 3 heterocycles. The Labute approximate surface area is 104 Å². The Kier molecular flexibility index (Phi) is 2.49. The van der Waals surface area contributed by atoms with Crippen molar-refractivity contribution in [1.29, 1.82) is 0 Å². The summed E-state index contributed by atoms with van der Waals surface area (Å²) in [4.78, 5) is 4.39. The first-order valence-corrected chi connectivity index (χ1v) is 5.83. The van der Waals surface area contributed by atoms with Gasteiger partial charge in [-0.25, -0.2) is 0 Å². The second-order valence-electron chi connectivity index (χ2n) is 4.89. The summed E-state index contributed by atoms with van der Waals surface area (Å²) >= 11 is 0. The number of rotatable bonds is 2. The van der Waals surface area contributed by atoms with E-state index < -0.39 is 5.41 Å². The molecule has 0 amide bonds. The van der Waals surface area contributed by atoms with Crippen molar-refractivity contribution in [3.8, 4) is 11.6 Å². The van der Waals surface area contributed by atoms with Crippen LogP contribution >= 0.6 is 0 Å². The van der Waals surface area contributed by atoms with E-state index in [2.05, 4.69) is 10.1 Å². The monoisotopic (exact) mass is 249 g/mol. The van der Waals surface area contributed by atoms with Crippen LogP contribution in [0.2, 0.25) is 0 Å². The summed E-state index contributed by atoms with van der Waals surface area (Å²) in [6, 6.07) is 1.72. The molecular formula is C12H15N3O3. The molecule has 1 aliphatic rings. The van der Waals surface area contributed by atoms with Crippen molar-refractivity contribution in [2.75, 3.05) is 13.2 Å². The van der Waals surface area contributed by atoms with Gasteiger partial charge in [-0.2, -0.15) is 4.98 Å². The predicted molar refractivity (Wildman–Crippen MR) is 62.9 cm³/mol. The van der Waals surface area contributed by atoms with Crippen LogP contribution in [0.1, 0.15) is 18.4 Å². The zero-order valence-electron chi connectivity index (χ0n) is 10.3. The third-order valence-electron chi connectivity index (χ3n) is 3.50. The maximum absolute atomic E-state index is 6.03. The van der Waals surface area contributed by atoms with Crippen LogP contribution in [0.15, 0.2) is 21.3 Å². The van der Waals surface area contributed by atoms with Crippen molar-refractivity contribution >= 4 is 0 Å². The Morgan fingerprint density at radius 2 is 2.33 bits per heavy atom. The molecule has 96 valence electrons. The van der Waals surface area contributed by atoms with E-state index in [-0.39, 0.29) is 6.04 Å². The predicted octanol–water partition coefficient (Wildman–Crippen LogP) is 1.25. The summed E-state index contributed by atoms with van der Waals surface area (Å²) in [7, 11) is 0. The van der Waals surface area contributed by atoms with Gasteiger partial charge in [0.25, 0.3) is 0 Å². The van der Waals surface area contributed by atoms with Gasteiger partial charge in [-0.3, -0.25) is 0 Å². The van der Waals surface area contributed by atoms with Crippen molar-refractivity contribution in [2.24, 2.45) is 5.73 Å². The SMILES string of the molecule is Cc1ccoc1-c1noc(C2(C)COCC2N)n1. The zero-order chi connectivity index (χ0) is 12.8. The number of aromatic nitrogens is 2. The van der Waals surface area contributed by atoms with Crippen LogP contribution < -0.4 is 5.73 Å². The van der Waals surface area contributed by atoms with E-state index in [1.807, 2.05) is 19.9 Å². The molecule has 2 N–H and O–H groups in total. The first kappa shape index (κ1) is 11.4. The maximum atomic E-state index is 6.03. The van der Waals surface area contributed by atoms with Gasteiger partial charge in [0.1, 0.15) is 0 Å². The highest BCUT2D eigenvalue weighted by molar-refractivity contribution is 5.51. The number of hydrogen-bond donors (Lipinski definition) is 1. The van der Waals surface area contributed by atoms with Gasteiger partial charge in [0, 0.05) is 6.04 Å². The van der Waals surface area contributed by atoms with Crippen molar-refractivity contribution in [1.82, 2.24) is 10.1 Å². The summed E-state index contributed by atoms with van der Waals surface area (Å²) in [5, 5.41) is 3.95. The Bertz CT molecular complexity index is 562. The van der Waals surface area contributed by atoms with Crippen LogP contribution in [0.25, 0.3) is 11.6 Å². The molecular weight excluding hydrogens is 234 g/mol. The van der Waals surface area contributed by atoms with Gasteiger partial charge in [-0.1, -0.05) is 5.16 Å². The lowest BCUT2D eigenvalue weighted by atomic mass is 9.86. The zero-order valence-corrected chi connectivity index (χ0v) is 10.3. The average Bonchev–Trinajstić information content (AvgIpc) is 3.01. The van der Waals surface area contributed by atoms with E-state index in [1.54, 1.807) is 6.26 Å². The summed E-state index contributed by atoms with van der Waals surface area (Å²) in [6.45, 7) is 4.90. The first-order valence-electron chi connectivity index (χ1n) is 5.83. The van der Waals surface area contributed by atoms with Crippen molar-refractivity contribution in [3.05, 3.63) is 23.8 Å². The largest absolute Gasteiger partial charge is 0.461 e. The standard InChI is InChI=1S/C12H15N3O3/c1-7-3-4-17-9(7)10-14-11(18-15-10)12(2)6-16-5-8(12)13/h3-4,8H,5-6,13H2,1-2H3. The molecule has 0 aliphatic carbocycles. The minimum atomic E-state index is -0.425. The molecule has 18 heavy (non-hydrogen) atoms. The summed E-state index contributed by atoms with van der Waals surface area (Å²) in [6.07, 6.45) is 1.60. The van der Waals surface area contributed by atoms with Crippen LogP contribution in [-0.2, 0) is 10.2 Å². The molecule has 0 saturated carbocycles. The number of aryl methyl sites for hydroxylation is 1. The van der Waals surface area contributed by atoms with Crippen LogP contribution in [0.3, 0.4) is 0 Å². The summed E-state index contributed by atoms with van der Waals surface area (Å²) in [5.74, 6) is 1.58. The molecule has 0 bridgehead atoms. The Hall–Kier alpha value is -1.66. The van der Waals surface area contributed by atoms with Gasteiger partial charge in [-0.15, -0.1) is 0 Å². The second kappa shape index (κ2) is 3.93. The Morgan fingerprint density at radius 1 is 1.50 bits per heavy atom. The van der Waals surface area contributed by atoms with E-state index in [4.69, 9.17) is 19.4 Å². The minimum Gasteiger partial charge on any atom is -0.461 e. The van der Waals surface area contributed by atoms with E-state index in [1.165, 1.54) is 0 Å². The Balaban J connectivity index is 1.97. The van der Waals surface area contributed by atoms with E-state index in [0.717, 1.165) is 5.56 Å². The van der Waals surface area contributed by atoms with Gasteiger partial charge in [0.2, 0.25) is 11.7 Å². The fourth-order valence-corrected chi connectivity index (χ4v) is 2.06. The van der Waals surface area contributed by atoms with Gasteiger partial charge >= 0.3 is 0 Å². The molecule has 1 saturated heterocycles. The van der Waals surface area contributed by atoms with Gasteiger partial charge in [-0.05, 0) is 25.5 Å². The van der Waals surface area contributed by atoms with Crippen molar-refractivity contribution < 1.29 is 13.7 Å². The molecule has 2 atom stereocenters. The van der Waals surface area contributed by atoms with Crippen LogP contribution in [0, 0.1) is 6.92 Å². The topological polar surface area (TPSA) is 87.3 Å². The molecule has 1 fully saturated rings. The number of furan rings is 1. The van der Waals surface area contributed by atoms with Crippen molar-refractivity contribution in [2.45, 2.75) is 25.3 Å². The Morgan fingerprint density at radius 3 is 2.94 bits per heavy atom. The maximum Gasteiger partial charge on any atom is 0.238 e. The molecule has 1 aliphatic heterocycles. The van der Waals surface area contributed by atoms with Crippen molar-refractivity contribution in [3.63, 3.8) is 0 Å². The van der Waals surface area contributed by atoms with Gasteiger partial charge in [0.15, 0.2) is 5.76 Å². The average molecular weight is 249 g/mol. The second-order valence-corrected chi connectivity index (χ2v) is 4.89. The van der Waals surface area contributed by atoms with Crippen LogP contribution in [0.5, 0.6) is 0 Å². The molecule has 0 aromatic carbocycles. The van der Waals surface area contributed by atoms with Crippen LogP contribution in [-0.4, -0.2) is 29.4 Å². The molecule has 2 aromatic heterocycles. The molecule has 2 aromatic rings. The quantitative estimate of drug-likeness (QED) is 0.861. The molecule has 0 radical (unpaired) electrons. The summed E-state index contributed by atoms with van der Waals surface area (Å²) in [5.41, 5.74) is 6.57. The molecule has 6 nitrogen and oxygen atoms in total. The highest BCUT2D eigenvalue weighted by Gasteiger charge is 2.44. The molecule has 2 unspecified atom stereocenters. The summed E-state index contributed by atoms with van der Waals surface area (Å²) < 4.78 is 16.0. The third-order valence-corrected chi connectivity index (χ3v) is 3.50. The lowest BCUT2D eigenvalue weighted by Gasteiger charge is -2.21. The first-order chi connectivity index (χ1) is 8.61. The fourth-order valence-electron chi connectivity index (χ4n) is 2.06. The number of nitrogens with zero attached hydrogens (tertiary/aromatic N) is 2. The molecule has 6 heteroatoms.